The minimum atomic E-state index is -0.558. The predicted octanol–water partition coefficient (Wildman–Crippen LogP) is 5.63. The van der Waals surface area contributed by atoms with Crippen molar-refractivity contribution in [1.29, 1.82) is 0 Å². The quantitative estimate of drug-likeness (QED) is 0.275. The maximum atomic E-state index is 13.0. The molecule has 170 valence electrons. The van der Waals surface area contributed by atoms with E-state index in [1.165, 1.54) is 25.4 Å². The smallest absolute Gasteiger partial charge is 0.368 e. The number of rotatable bonds is 7. The van der Waals surface area contributed by atoms with Crippen LogP contribution in [0.3, 0.4) is 0 Å². The van der Waals surface area contributed by atoms with Crippen molar-refractivity contribution in [2.45, 2.75) is 6.54 Å². The Bertz CT molecular complexity index is 1250. The molecule has 12 heteroatoms. The topological polar surface area (TPSA) is 96.7 Å². The van der Waals surface area contributed by atoms with Gasteiger partial charge in [0.15, 0.2) is 7.05 Å². The highest BCUT2D eigenvalue weighted by Crippen LogP contribution is 2.35. The molecule has 8 nitrogen and oxygen atoms in total. The Morgan fingerprint density at radius 1 is 1.15 bits per heavy atom. The molecule has 2 aromatic heterocycles. The van der Waals surface area contributed by atoms with Gasteiger partial charge in [0.2, 0.25) is 0 Å². The summed E-state index contributed by atoms with van der Waals surface area (Å²) >= 11 is 19.6. The van der Waals surface area contributed by atoms with Crippen LogP contribution in [-0.4, -0.2) is 31.0 Å². The van der Waals surface area contributed by atoms with Gasteiger partial charge in [-0.15, -0.1) is 11.3 Å². The van der Waals surface area contributed by atoms with E-state index in [-0.39, 0.29) is 37.7 Å². The highest BCUT2D eigenvalue weighted by molar-refractivity contribution is 7.13. The van der Waals surface area contributed by atoms with Crippen molar-refractivity contribution >= 4 is 69.5 Å². The molecule has 3 aromatic rings. The average molecular weight is 526 g/mol. The molecule has 2 amide bonds. The molecule has 0 saturated carbocycles. The molecule has 0 aliphatic rings. The van der Waals surface area contributed by atoms with Gasteiger partial charge in [-0.05, 0) is 18.2 Å². The molecule has 0 radical (unpaired) electrons. The highest BCUT2D eigenvalue weighted by atomic mass is 35.5. The maximum Gasteiger partial charge on any atom is 0.368 e. The molecule has 0 aliphatic carbocycles. The van der Waals surface area contributed by atoms with Crippen LogP contribution in [-0.2, 0) is 6.54 Å². The van der Waals surface area contributed by atoms with E-state index in [1.807, 2.05) is 0 Å². The Morgan fingerprint density at radius 2 is 1.94 bits per heavy atom. The van der Waals surface area contributed by atoms with Crippen LogP contribution in [0.5, 0.6) is 5.75 Å². The molecule has 2 heterocycles. The van der Waals surface area contributed by atoms with Gasteiger partial charge in [0, 0.05) is 28.2 Å². The number of methoxy groups -OCH3 is 1. The average Bonchev–Trinajstić information content (AvgIpc) is 3.16. The summed E-state index contributed by atoms with van der Waals surface area (Å²) in [6, 6.07) is 6.03. The van der Waals surface area contributed by atoms with Gasteiger partial charge in [-0.2, -0.15) is 0 Å². The summed E-state index contributed by atoms with van der Waals surface area (Å²) in [4.78, 5) is 34.0. The van der Waals surface area contributed by atoms with E-state index in [4.69, 9.17) is 39.5 Å². The van der Waals surface area contributed by atoms with Gasteiger partial charge in [0.25, 0.3) is 11.8 Å². The number of pyridine rings is 1. The van der Waals surface area contributed by atoms with Crippen LogP contribution in [0.15, 0.2) is 35.8 Å². The Morgan fingerprint density at radius 3 is 2.61 bits per heavy atom. The fourth-order valence-electron chi connectivity index (χ4n) is 2.72. The molecule has 0 bridgehead atoms. The second-order valence-electron chi connectivity index (χ2n) is 6.39. The monoisotopic (exact) mass is 524 g/mol. The summed E-state index contributed by atoms with van der Waals surface area (Å²) in [6.07, 6.45) is 4.00. The lowest BCUT2D eigenvalue weighted by molar-refractivity contribution is 0.102. The zero-order chi connectivity index (χ0) is 24.0. The molecular weight excluding hydrogens is 509 g/mol. The number of carbonyl (C=O) groups excluding carboxylic acids is 2. The van der Waals surface area contributed by atoms with Crippen LogP contribution >= 0.6 is 46.1 Å². The van der Waals surface area contributed by atoms with Crippen molar-refractivity contribution in [3.05, 3.63) is 71.8 Å². The van der Waals surface area contributed by atoms with E-state index in [0.717, 1.165) is 11.3 Å². The molecule has 1 aromatic carbocycles. The summed E-state index contributed by atoms with van der Waals surface area (Å²) in [5, 5.41) is 10.9. The standard InChI is InChI=1S/C21H16Cl3N5O3S/c1-25-10-26-7-11-9-33-19(17(11)24)21(31)29-18-14(5-13(23)6-15(18)32-2)20(30)28-16-4-3-12(22)8-27-16/h3-6,8-9H,7H2,1-2H3,(H2,27,28,29,30,31)/p+1. The van der Waals surface area contributed by atoms with Crippen molar-refractivity contribution in [1.82, 2.24) is 10.3 Å². The van der Waals surface area contributed by atoms with E-state index >= 15 is 0 Å². The van der Waals surface area contributed by atoms with E-state index in [2.05, 4.69) is 32.0 Å². The Labute approximate surface area is 208 Å². The summed E-state index contributed by atoms with van der Waals surface area (Å²) in [7, 11) is 2.98. The van der Waals surface area contributed by atoms with Crippen LogP contribution in [0.25, 0.3) is 4.85 Å². The zero-order valence-corrected chi connectivity index (χ0v) is 20.4. The van der Waals surface area contributed by atoms with Gasteiger partial charge in [-0.3, -0.25) is 9.59 Å². The summed E-state index contributed by atoms with van der Waals surface area (Å²) in [6.45, 7) is 0.353. The molecular formula is C21H17Cl3N5O3S+. The van der Waals surface area contributed by atoms with Crippen molar-refractivity contribution in [3.8, 4) is 11.9 Å². The molecule has 3 rings (SSSR count). The van der Waals surface area contributed by atoms with Gasteiger partial charge >= 0.3 is 6.19 Å². The van der Waals surface area contributed by atoms with Crippen molar-refractivity contribution in [2.24, 2.45) is 0 Å². The van der Waals surface area contributed by atoms with Crippen LogP contribution in [0.2, 0.25) is 15.1 Å². The largest absolute Gasteiger partial charge is 0.494 e. The van der Waals surface area contributed by atoms with E-state index < -0.39 is 11.8 Å². The predicted molar refractivity (Wildman–Crippen MR) is 132 cm³/mol. The third kappa shape index (κ3) is 6.06. The summed E-state index contributed by atoms with van der Waals surface area (Å²) in [5.74, 6) is -0.596. The Hall–Kier alpha value is -3.03. The van der Waals surface area contributed by atoms with Gasteiger partial charge in [-0.25, -0.2) is 15.1 Å². The second-order valence-corrected chi connectivity index (χ2v) is 8.52. The number of hydrogen-bond donors (Lipinski definition) is 3. The minimum absolute atomic E-state index is 0.0766. The number of ether oxygens (including phenoxy) is 1. The second kappa shape index (κ2) is 11.2. The number of aromatic nitrogens is 1. The lowest BCUT2D eigenvalue weighted by Gasteiger charge is -2.15. The van der Waals surface area contributed by atoms with Crippen molar-refractivity contribution < 1.29 is 14.3 Å². The minimum Gasteiger partial charge on any atom is -0.494 e. The molecule has 0 saturated heterocycles. The number of amides is 2. The van der Waals surface area contributed by atoms with Crippen LogP contribution in [0, 0.1) is 6.19 Å². The first-order chi connectivity index (χ1) is 15.8. The van der Waals surface area contributed by atoms with Gasteiger partial charge in [0.05, 0.1) is 28.4 Å². The number of benzene rings is 1. The van der Waals surface area contributed by atoms with Gasteiger partial charge in [0.1, 0.15) is 23.0 Å². The van der Waals surface area contributed by atoms with Crippen molar-refractivity contribution in [2.75, 3.05) is 24.8 Å². The zero-order valence-electron chi connectivity index (χ0n) is 17.3. The number of anilines is 2. The SMILES string of the molecule is C[N+]#CNCc1csc(C(=O)Nc2c(OC)cc(Cl)cc2C(=O)Nc2ccc(Cl)cn2)c1Cl. The number of nitrogens with one attached hydrogen (secondary N) is 3. The van der Waals surface area contributed by atoms with E-state index in [0.29, 0.717) is 17.1 Å². The fraction of sp³-hybridized carbons (Fsp3) is 0.143. The lowest BCUT2D eigenvalue weighted by Crippen LogP contribution is -2.19. The van der Waals surface area contributed by atoms with Crippen LogP contribution < -0.4 is 20.7 Å². The van der Waals surface area contributed by atoms with E-state index in [1.54, 1.807) is 24.6 Å². The number of hydrogen-bond acceptors (Lipinski definition) is 6. The summed E-state index contributed by atoms with van der Waals surface area (Å²) in [5.41, 5.74) is 0.916. The number of nitrogens with zero attached hydrogens (tertiary/aromatic N) is 2. The van der Waals surface area contributed by atoms with Gasteiger partial charge in [-0.1, -0.05) is 34.8 Å². The molecule has 0 aliphatic heterocycles. The Balaban J connectivity index is 1.90. The third-order valence-corrected chi connectivity index (χ3v) is 6.23. The number of halogens is 3. The molecule has 3 N–H and O–H groups in total. The molecule has 33 heavy (non-hydrogen) atoms. The number of carbonyl (C=O) groups is 2. The first-order valence-corrected chi connectivity index (χ1v) is 11.3. The Kier molecular flexibility index (Phi) is 8.36. The van der Waals surface area contributed by atoms with Crippen LogP contribution in [0.1, 0.15) is 25.6 Å². The molecule has 0 spiro atoms. The first kappa shape index (κ1) is 24.6. The molecule has 0 fully saturated rings. The fourth-order valence-corrected chi connectivity index (χ4v) is 4.30. The molecule has 0 atom stereocenters. The summed E-state index contributed by atoms with van der Waals surface area (Å²) < 4.78 is 5.35. The maximum absolute atomic E-state index is 13.0. The van der Waals surface area contributed by atoms with Crippen molar-refractivity contribution in [3.63, 3.8) is 0 Å². The lowest BCUT2D eigenvalue weighted by atomic mass is 10.1. The molecule has 0 unspecified atom stereocenters. The highest BCUT2D eigenvalue weighted by Gasteiger charge is 2.23. The van der Waals surface area contributed by atoms with E-state index in [9.17, 15) is 9.59 Å². The first-order valence-electron chi connectivity index (χ1n) is 9.28. The number of thiophene rings is 1. The van der Waals surface area contributed by atoms with Gasteiger partial charge < -0.3 is 15.4 Å². The normalized spacial score (nSPS) is 10.1. The third-order valence-electron chi connectivity index (χ3n) is 4.22. The van der Waals surface area contributed by atoms with Crippen LogP contribution in [0.4, 0.5) is 11.5 Å².